The third-order valence-electron chi connectivity index (χ3n) is 3.45. The van der Waals surface area contributed by atoms with Crippen molar-refractivity contribution >= 4 is 15.9 Å². The molecular formula is C15H21BrN4O. The number of rotatable bonds is 6. The summed E-state index contributed by atoms with van der Waals surface area (Å²) < 4.78 is 8.33. The Balaban J connectivity index is 2.30. The van der Waals surface area contributed by atoms with Gasteiger partial charge in [0.15, 0.2) is 0 Å². The van der Waals surface area contributed by atoms with Crippen molar-refractivity contribution in [2.45, 2.75) is 32.4 Å². The molecule has 0 amide bonds. The predicted octanol–water partition coefficient (Wildman–Crippen LogP) is 3.13. The quantitative estimate of drug-likeness (QED) is 0.867. The minimum atomic E-state index is 0.135. The lowest BCUT2D eigenvalue weighted by atomic mass is 10.0. The summed E-state index contributed by atoms with van der Waals surface area (Å²) in [6.45, 7) is 4.21. The Morgan fingerprint density at radius 2 is 2.14 bits per heavy atom. The molecule has 1 unspecified atom stereocenters. The number of hydrogen-bond acceptors (Lipinski definition) is 4. The van der Waals surface area contributed by atoms with Gasteiger partial charge >= 0.3 is 0 Å². The molecule has 6 heteroatoms. The van der Waals surface area contributed by atoms with E-state index in [1.165, 1.54) is 0 Å². The Morgan fingerprint density at radius 3 is 2.76 bits per heavy atom. The maximum Gasteiger partial charge on any atom is 0.138 e. The first-order chi connectivity index (χ1) is 10.1. The fourth-order valence-electron chi connectivity index (χ4n) is 2.32. The molecule has 1 aromatic carbocycles. The molecule has 0 saturated heterocycles. The van der Waals surface area contributed by atoms with Crippen LogP contribution in [-0.4, -0.2) is 28.9 Å². The van der Waals surface area contributed by atoms with Crippen LogP contribution in [-0.2, 0) is 6.42 Å². The number of halogens is 1. The van der Waals surface area contributed by atoms with Gasteiger partial charge in [-0.2, -0.15) is 5.10 Å². The SMILES string of the molecule is CNC(Cc1ncnn1C(C)C)c1cc(OC)ccc1Br. The second-order valence-corrected chi connectivity index (χ2v) is 6.00. The second-order valence-electron chi connectivity index (χ2n) is 5.15. The van der Waals surface area contributed by atoms with E-state index in [4.69, 9.17) is 4.74 Å². The number of likely N-dealkylation sites (N-methyl/N-ethyl adjacent to an activating group) is 1. The predicted molar refractivity (Wildman–Crippen MR) is 86.6 cm³/mol. The number of nitrogens with zero attached hydrogens (tertiary/aromatic N) is 3. The molecule has 0 aliphatic carbocycles. The third-order valence-corrected chi connectivity index (χ3v) is 4.17. The zero-order chi connectivity index (χ0) is 15.4. The Kier molecular flexibility index (Phi) is 5.36. The smallest absolute Gasteiger partial charge is 0.138 e. The number of nitrogens with one attached hydrogen (secondary N) is 1. The van der Waals surface area contributed by atoms with Gasteiger partial charge in [0.05, 0.1) is 7.11 Å². The van der Waals surface area contributed by atoms with Crippen molar-refractivity contribution in [3.05, 3.63) is 40.4 Å². The first-order valence-corrected chi connectivity index (χ1v) is 7.75. The molecular weight excluding hydrogens is 332 g/mol. The Hall–Kier alpha value is -1.40. The van der Waals surface area contributed by atoms with Crippen LogP contribution in [0.4, 0.5) is 0 Å². The summed E-state index contributed by atoms with van der Waals surface area (Å²) >= 11 is 3.61. The number of aromatic nitrogens is 3. The van der Waals surface area contributed by atoms with E-state index in [9.17, 15) is 0 Å². The van der Waals surface area contributed by atoms with E-state index in [1.54, 1.807) is 13.4 Å². The molecule has 2 rings (SSSR count). The van der Waals surface area contributed by atoms with Crippen LogP contribution < -0.4 is 10.1 Å². The number of ether oxygens (including phenoxy) is 1. The fraction of sp³-hybridized carbons (Fsp3) is 0.467. The molecule has 0 saturated carbocycles. The third kappa shape index (κ3) is 3.63. The number of benzene rings is 1. The highest BCUT2D eigenvalue weighted by Gasteiger charge is 2.18. The highest BCUT2D eigenvalue weighted by atomic mass is 79.9. The zero-order valence-electron chi connectivity index (χ0n) is 12.8. The van der Waals surface area contributed by atoms with E-state index in [0.717, 1.165) is 28.0 Å². The highest BCUT2D eigenvalue weighted by Crippen LogP contribution is 2.29. The van der Waals surface area contributed by atoms with E-state index >= 15 is 0 Å². The molecule has 0 radical (unpaired) electrons. The zero-order valence-corrected chi connectivity index (χ0v) is 14.4. The fourth-order valence-corrected chi connectivity index (χ4v) is 2.84. The maximum atomic E-state index is 5.32. The van der Waals surface area contributed by atoms with E-state index in [0.29, 0.717) is 6.04 Å². The molecule has 0 fully saturated rings. The standard InChI is InChI=1S/C15H21BrN4O/c1-10(2)20-15(18-9-19-20)8-14(17-3)12-7-11(21-4)5-6-13(12)16/h5-7,9-10,14,17H,8H2,1-4H3. The summed E-state index contributed by atoms with van der Waals surface area (Å²) in [4.78, 5) is 4.39. The van der Waals surface area contributed by atoms with Crippen LogP contribution in [0.25, 0.3) is 0 Å². The molecule has 114 valence electrons. The molecule has 1 atom stereocenters. The average molecular weight is 353 g/mol. The monoisotopic (exact) mass is 352 g/mol. The van der Waals surface area contributed by atoms with Gasteiger partial charge in [-0.3, -0.25) is 0 Å². The highest BCUT2D eigenvalue weighted by molar-refractivity contribution is 9.10. The van der Waals surface area contributed by atoms with Gasteiger partial charge in [-0.1, -0.05) is 15.9 Å². The first-order valence-electron chi connectivity index (χ1n) is 6.96. The Morgan fingerprint density at radius 1 is 1.38 bits per heavy atom. The Bertz CT molecular complexity index is 597. The molecule has 0 bridgehead atoms. The molecule has 0 aliphatic rings. The van der Waals surface area contributed by atoms with Crippen molar-refractivity contribution in [2.24, 2.45) is 0 Å². The second kappa shape index (κ2) is 7.04. The van der Waals surface area contributed by atoms with Gasteiger partial charge in [0, 0.05) is 23.0 Å². The molecule has 1 N–H and O–H groups in total. The van der Waals surface area contributed by atoms with Gasteiger partial charge in [-0.25, -0.2) is 9.67 Å². The van der Waals surface area contributed by atoms with E-state index < -0.39 is 0 Å². The molecule has 1 heterocycles. The first kappa shape index (κ1) is 16.0. The van der Waals surface area contributed by atoms with Crippen LogP contribution in [0.3, 0.4) is 0 Å². The van der Waals surface area contributed by atoms with Gasteiger partial charge in [-0.05, 0) is 44.7 Å². The van der Waals surface area contributed by atoms with Gasteiger partial charge < -0.3 is 10.1 Å². The summed E-state index contributed by atoms with van der Waals surface area (Å²) in [6.07, 6.45) is 2.38. The van der Waals surface area contributed by atoms with E-state index in [1.807, 2.05) is 29.9 Å². The average Bonchev–Trinajstić information content (AvgIpc) is 2.94. The summed E-state index contributed by atoms with van der Waals surface area (Å²) in [5.41, 5.74) is 1.15. The molecule has 5 nitrogen and oxygen atoms in total. The largest absolute Gasteiger partial charge is 0.497 e. The van der Waals surface area contributed by atoms with Gasteiger partial charge in [0.1, 0.15) is 17.9 Å². The van der Waals surface area contributed by atoms with Gasteiger partial charge in [-0.15, -0.1) is 0 Å². The van der Waals surface area contributed by atoms with Crippen LogP contribution >= 0.6 is 15.9 Å². The molecule has 1 aromatic heterocycles. The van der Waals surface area contributed by atoms with Gasteiger partial charge in [0.2, 0.25) is 0 Å². The molecule has 21 heavy (non-hydrogen) atoms. The molecule has 0 aliphatic heterocycles. The van der Waals surface area contributed by atoms with E-state index in [2.05, 4.69) is 45.2 Å². The van der Waals surface area contributed by atoms with Crippen molar-refractivity contribution in [2.75, 3.05) is 14.2 Å². The van der Waals surface area contributed by atoms with Crippen molar-refractivity contribution in [3.8, 4) is 5.75 Å². The summed E-state index contributed by atoms with van der Waals surface area (Å²) in [7, 11) is 3.63. The van der Waals surface area contributed by atoms with Crippen molar-refractivity contribution in [3.63, 3.8) is 0 Å². The van der Waals surface area contributed by atoms with Crippen LogP contribution in [0.15, 0.2) is 29.0 Å². The Labute approximate surface area is 133 Å². The summed E-state index contributed by atoms with van der Waals surface area (Å²) in [5, 5.41) is 7.64. The summed E-state index contributed by atoms with van der Waals surface area (Å²) in [6, 6.07) is 6.43. The van der Waals surface area contributed by atoms with Crippen LogP contribution in [0.2, 0.25) is 0 Å². The van der Waals surface area contributed by atoms with Crippen LogP contribution in [0, 0.1) is 0 Å². The van der Waals surface area contributed by atoms with Crippen LogP contribution in [0.5, 0.6) is 5.75 Å². The van der Waals surface area contributed by atoms with Crippen molar-refractivity contribution in [1.29, 1.82) is 0 Å². The maximum absolute atomic E-state index is 5.32. The van der Waals surface area contributed by atoms with Crippen molar-refractivity contribution in [1.82, 2.24) is 20.1 Å². The molecule has 2 aromatic rings. The minimum absolute atomic E-state index is 0.135. The van der Waals surface area contributed by atoms with Gasteiger partial charge in [0.25, 0.3) is 0 Å². The lowest BCUT2D eigenvalue weighted by Gasteiger charge is -2.19. The van der Waals surface area contributed by atoms with Crippen molar-refractivity contribution < 1.29 is 4.74 Å². The lowest BCUT2D eigenvalue weighted by molar-refractivity contribution is 0.412. The minimum Gasteiger partial charge on any atom is -0.497 e. The summed E-state index contributed by atoms with van der Waals surface area (Å²) in [5.74, 6) is 1.82. The lowest BCUT2D eigenvalue weighted by Crippen LogP contribution is -2.22. The normalized spacial score (nSPS) is 12.7. The van der Waals surface area contributed by atoms with Crippen LogP contribution in [0.1, 0.15) is 37.3 Å². The van der Waals surface area contributed by atoms with E-state index in [-0.39, 0.29) is 6.04 Å². The molecule has 0 spiro atoms. The number of methoxy groups -OCH3 is 1. The number of hydrogen-bond donors (Lipinski definition) is 1. The topological polar surface area (TPSA) is 52.0 Å².